The lowest BCUT2D eigenvalue weighted by Gasteiger charge is -2.16. The van der Waals surface area contributed by atoms with Crippen LogP contribution >= 0.6 is 0 Å². The van der Waals surface area contributed by atoms with E-state index < -0.39 is 22.1 Å². The first-order valence-corrected chi connectivity index (χ1v) is 5.73. The van der Waals surface area contributed by atoms with Gasteiger partial charge in [-0.1, -0.05) is 0 Å². The van der Waals surface area contributed by atoms with E-state index in [4.69, 9.17) is 10.2 Å². The Morgan fingerprint density at radius 1 is 1.47 bits per heavy atom. The van der Waals surface area contributed by atoms with E-state index in [1.165, 1.54) is 14.1 Å². The van der Waals surface area contributed by atoms with E-state index in [0.717, 1.165) is 4.31 Å². The highest BCUT2D eigenvalue weighted by Crippen LogP contribution is 2.01. The number of aliphatic carboxylic acids is 1. The minimum Gasteiger partial charge on any atom is -0.481 e. The number of hydrogen-bond acceptors (Lipinski definition) is 4. The predicted octanol–water partition coefficient (Wildman–Crippen LogP) is -1.53. The molecule has 0 heterocycles. The van der Waals surface area contributed by atoms with Gasteiger partial charge >= 0.3 is 5.97 Å². The Morgan fingerprint density at radius 3 is 2.33 bits per heavy atom. The topological polar surface area (TPSA) is 107 Å². The van der Waals surface area contributed by atoms with Gasteiger partial charge in [0.15, 0.2) is 0 Å². The van der Waals surface area contributed by atoms with Crippen molar-refractivity contribution in [3.63, 3.8) is 0 Å². The molecule has 0 saturated carbocycles. The lowest BCUT2D eigenvalue weighted by atomic mass is 10.1. The summed E-state index contributed by atoms with van der Waals surface area (Å²) in [7, 11) is -0.851. The number of hydrogen-bond donors (Lipinski definition) is 3. The van der Waals surface area contributed by atoms with Crippen LogP contribution in [0.1, 0.15) is 6.42 Å². The SMILES string of the molecule is CN(C)S(=O)(=O)NCC(CO)CC(=O)O. The van der Waals surface area contributed by atoms with Gasteiger partial charge in [0.2, 0.25) is 0 Å². The van der Waals surface area contributed by atoms with E-state index in [1.54, 1.807) is 0 Å². The summed E-state index contributed by atoms with van der Waals surface area (Å²) in [5.74, 6) is -1.68. The molecular formula is C7H16N2O5S. The number of carbonyl (C=O) groups is 1. The van der Waals surface area contributed by atoms with Crippen LogP contribution in [-0.4, -0.2) is 56.2 Å². The van der Waals surface area contributed by atoms with Gasteiger partial charge in [-0.05, 0) is 0 Å². The highest BCUT2D eigenvalue weighted by atomic mass is 32.2. The third kappa shape index (κ3) is 5.67. The van der Waals surface area contributed by atoms with Crippen molar-refractivity contribution in [2.24, 2.45) is 5.92 Å². The molecule has 0 aliphatic rings. The van der Waals surface area contributed by atoms with E-state index in [-0.39, 0.29) is 19.6 Å². The average molecular weight is 240 g/mol. The highest BCUT2D eigenvalue weighted by molar-refractivity contribution is 7.87. The third-order valence-electron chi connectivity index (χ3n) is 1.76. The van der Waals surface area contributed by atoms with Crippen molar-refractivity contribution in [1.82, 2.24) is 9.03 Å². The van der Waals surface area contributed by atoms with Crippen LogP contribution < -0.4 is 4.72 Å². The monoisotopic (exact) mass is 240 g/mol. The lowest BCUT2D eigenvalue weighted by molar-refractivity contribution is -0.138. The molecule has 90 valence electrons. The fourth-order valence-electron chi connectivity index (χ4n) is 0.800. The third-order valence-corrected chi connectivity index (χ3v) is 3.25. The quantitative estimate of drug-likeness (QED) is 0.500. The molecule has 0 spiro atoms. The Kier molecular flexibility index (Phi) is 5.73. The van der Waals surface area contributed by atoms with Gasteiger partial charge < -0.3 is 10.2 Å². The fourth-order valence-corrected chi connectivity index (χ4v) is 1.50. The Hall–Kier alpha value is -0.700. The number of nitrogens with one attached hydrogen (secondary N) is 1. The summed E-state index contributed by atoms with van der Waals surface area (Å²) in [6.07, 6.45) is -0.271. The molecule has 0 radical (unpaired) electrons. The van der Waals surface area contributed by atoms with Crippen LogP contribution in [0.3, 0.4) is 0 Å². The first-order chi connectivity index (χ1) is 6.79. The zero-order valence-electron chi connectivity index (χ0n) is 8.67. The molecule has 0 fully saturated rings. The van der Waals surface area contributed by atoms with Gasteiger partial charge in [0.05, 0.1) is 6.42 Å². The standard InChI is InChI=1S/C7H16N2O5S/c1-9(2)15(13,14)8-4-6(5-10)3-7(11)12/h6,8,10H,3-5H2,1-2H3,(H,11,12). The van der Waals surface area contributed by atoms with Crippen molar-refractivity contribution in [2.45, 2.75) is 6.42 Å². The summed E-state index contributed by atoms with van der Waals surface area (Å²) in [6.45, 7) is -0.467. The lowest BCUT2D eigenvalue weighted by Crippen LogP contribution is -2.39. The maximum Gasteiger partial charge on any atom is 0.303 e. The van der Waals surface area contributed by atoms with Crippen molar-refractivity contribution in [2.75, 3.05) is 27.2 Å². The van der Waals surface area contributed by atoms with Crippen LogP contribution in [-0.2, 0) is 15.0 Å². The van der Waals surface area contributed by atoms with Crippen LogP contribution in [0.5, 0.6) is 0 Å². The summed E-state index contributed by atoms with van der Waals surface area (Å²) in [6, 6.07) is 0. The van der Waals surface area contributed by atoms with E-state index in [0.29, 0.717) is 0 Å². The Balaban J connectivity index is 4.18. The van der Waals surface area contributed by atoms with Crippen molar-refractivity contribution in [3.05, 3.63) is 0 Å². The second kappa shape index (κ2) is 6.01. The molecule has 0 amide bonds. The van der Waals surface area contributed by atoms with E-state index in [2.05, 4.69) is 4.72 Å². The molecule has 3 N–H and O–H groups in total. The summed E-state index contributed by atoms with van der Waals surface area (Å²) in [4.78, 5) is 10.3. The van der Waals surface area contributed by atoms with Crippen LogP contribution in [0.2, 0.25) is 0 Å². The van der Waals surface area contributed by atoms with E-state index in [9.17, 15) is 13.2 Å². The van der Waals surface area contributed by atoms with Gasteiger partial charge in [0.1, 0.15) is 0 Å². The first-order valence-electron chi connectivity index (χ1n) is 4.29. The summed E-state index contributed by atoms with van der Waals surface area (Å²) in [5, 5.41) is 17.3. The van der Waals surface area contributed by atoms with E-state index >= 15 is 0 Å². The zero-order chi connectivity index (χ0) is 12.1. The largest absolute Gasteiger partial charge is 0.481 e. The molecule has 0 aromatic rings. The summed E-state index contributed by atoms with van der Waals surface area (Å²) in [5.41, 5.74) is 0. The molecule has 1 atom stereocenters. The highest BCUT2D eigenvalue weighted by Gasteiger charge is 2.17. The second-order valence-corrected chi connectivity index (χ2v) is 5.25. The molecular weight excluding hydrogens is 224 g/mol. The molecule has 0 saturated heterocycles. The molecule has 0 aromatic heterocycles. The molecule has 0 aliphatic heterocycles. The number of nitrogens with zero attached hydrogens (tertiary/aromatic N) is 1. The van der Waals surface area contributed by atoms with Crippen molar-refractivity contribution < 1.29 is 23.4 Å². The molecule has 0 aliphatic carbocycles. The fraction of sp³-hybridized carbons (Fsp3) is 0.857. The molecule has 0 rings (SSSR count). The Bertz CT molecular complexity index is 301. The number of rotatable bonds is 7. The van der Waals surface area contributed by atoms with Gasteiger partial charge in [-0.15, -0.1) is 0 Å². The molecule has 0 aromatic carbocycles. The maximum absolute atomic E-state index is 11.2. The zero-order valence-corrected chi connectivity index (χ0v) is 9.49. The number of aliphatic hydroxyl groups is 1. The molecule has 8 heteroatoms. The van der Waals surface area contributed by atoms with Gasteiger partial charge in [-0.25, -0.2) is 4.72 Å². The van der Waals surface area contributed by atoms with Crippen LogP contribution in [0.15, 0.2) is 0 Å². The van der Waals surface area contributed by atoms with Crippen LogP contribution in [0, 0.1) is 5.92 Å². The van der Waals surface area contributed by atoms with Crippen LogP contribution in [0.25, 0.3) is 0 Å². The Morgan fingerprint density at radius 2 is 2.00 bits per heavy atom. The summed E-state index contributed by atoms with van der Waals surface area (Å²) >= 11 is 0. The van der Waals surface area contributed by atoms with Crippen molar-refractivity contribution in [1.29, 1.82) is 0 Å². The molecule has 0 bridgehead atoms. The van der Waals surface area contributed by atoms with E-state index in [1.807, 2.05) is 0 Å². The Labute approximate surface area is 88.9 Å². The predicted molar refractivity (Wildman–Crippen MR) is 53.4 cm³/mol. The van der Waals surface area contributed by atoms with Crippen LogP contribution in [0.4, 0.5) is 0 Å². The average Bonchev–Trinajstić information content (AvgIpc) is 2.11. The summed E-state index contributed by atoms with van der Waals surface area (Å²) < 4.78 is 25.6. The van der Waals surface area contributed by atoms with Gasteiger partial charge in [0, 0.05) is 33.2 Å². The smallest absolute Gasteiger partial charge is 0.303 e. The van der Waals surface area contributed by atoms with Crippen molar-refractivity contribution in [3.8, 4) is 0 Å². The van der Waals surface area contributed by atoms with Gasteiger partial charge in [-0.3, -0.25) is 4.79 Å². The van der Waals surface area contributed by atoms with Gasteiger partial charge in [0.25, 0.3) is 10.2 Å². The second-order valence-electron chi connectivity index (χ2n) is 3.28. The number of carboxylic acid groups (broad SMARTS) is 1. The minimum absolute atomic E-state index is 0.0939. The minimum atomic E-state index is -3.56. The number of aliphatic hydroxyl groups excluding tert-OH is 1. The molecule has 7 nitrogen and oxygen atoms in total. The first kappa shape index (κ1) is 14.3. The maximum atomic E-state index is 11.2. The molecule has 15 heavy (non-hydrogen) atoms. The van der Waals surface area contributed by atoms with Crippen molar-refractivity contribution >= 4 is 16.2 Å². The van der Waals surface area contributed by atoms with Gasteiger partial charge in [-0.2, -0.15) is 12.7 Å². The molecule has 1 unspecified atom stereocenters. The number of carboxylic acids is 1. The normalized spacial score (nSPS) is 14.1.